The minimum Gasteiger partial charge on any atom is -0.494 e. The molecule has 1 N–H and O–H groups in total. The molecule has 1 saturated carbocycles. The Balaban J connectivity index is 1.11. The van der Waals surface area contributed by atoms with Crippen molar-refractivity contribution in [3.05, 3.63) is 77.5 Å². The zero-order valence-electron chi connectivity index (χ0n) is 20.8. The highest BCUT2D eigenvalue weighted by Gasteiger charge is 2.31. The number of rotatable bonds is 9. The number of carbonyl (C=O) groups is 1. The van der Waals surface area contributed by atoms with Gasteiger partial charge in [0.1, 0.15) is 5.75 Å². The monoisotopic (exact) mass is 483 g/mol. The Bertz CT molecular complexity index is 1350. The van der Waals surface area contributed by atoms with Gasteiger partial charge in [0.15, 0.2) is 0 Å². The van der Waals surface area contributed by atoms with Gasteiger partial charge in [0, 0.05) is 49.3 Å². The van der Waals surface area contributed by atoms with E-state index in [9.17, 15) is 9.90 Å². The van der Waals surface area contributed by atoms with Crippen LogP contribution in [0.5, 0.6) is 5.75 Å². The van der Waals surface area contributed by atoms with Crippen LogP contribution < -0.4 is 4.74 Å². The Labute approximate surface area is 211 Å². The molecule has 36 heavy (non-hydrogen) atoms. The predicted molar refractivity (Wildman–Crippen MR) is 141 cm³/mol. The summed E-state index contributed by atoms with van der Waals surface area (Å²) in [5.74, 6) is 1.74. The maximum absolute atomic E-state index is 13.0. The van der Waals surface area contributed by atoms with Gasteiger partial charge in [-0.15, -0.1) is 0 Å². The summed E-state index contributed by atoms with van der Waals surface area (Å²) in [7, 11) is 0. The van der Waals surface area contributed by atoms with Gasteiger partial charge in [0.25, 0.3) is 5.91 Å². The van der Waals surface area contributed by atoms with E-state index in [-0.39, 0.29) is 24.3 Å². The Hall–Kier alpha value is -3.38. The molecule has 6 nitrogen and oxygen atoms in total. The lowest BCUT2D eigenvalue weighted by Crippen LogP contribution is -2.35. The number of hydrogen-bond acceptors (Lipinski definition) is 4. The van der Waals surface area contributed by atoms with E-state index >= 15 is 0 Å². The van der Waals surface area contributed by atoms with Crippen LogP contribution in [-0.2, 0) is 13.1 Å². The van der Waals surface area contributed by atoms with E-state index in [4.69, 9.17) is 9.84 Å². The molecule has 1 aromatic heterocycles. The van der Waals surface area contributed by atoms with Gasteiger partial charge >= 0.3 is 0 Å². The van der Waals surface area contributed by atoms with Crippen LogP contribution in [-0.4, -0.2) is 45.5 Å². The van der Waals surface area contributed by atoms with E-state index in [0.717, 1.165) is 41.3 Å². The van der Waals surface area contributed by atoms with E-state index in [2.05, 4.69) is 47.3 Å². The van der Waals surface area contributed by atoms with Crippen molar-refractivity contribution in [3.63, 3.8) is 0 Å². The fourth-order valence-electron chi connectivity index (χ4n) is 5.47. The molecule has 1 amide bonds. The summed E-state index contributed by atoms with van der Waals surface area (Å²) in [6.45, 7) is 4.71. The van der Waals surface area contributed by atoms with Crippen LogP contribution in [0.1, 0.15) is 47.7 Å². The Morgan fingerprint density at radius 3 is 2.83 bits per heavy atom. The average Bonchev–Trinajstić information content (AvgIpc) is 3.54. The van der Waals surface area contributed by atoms with Gasteiger partial charge in [0.2, 0.25) is 0 Å². The van der Waals surface area contributed by atoms with E-state index in [0.29, 0.717) is 19.7 Å². The van der Waals surface area contributed by atoms with E-state index < -0.39 is 0 Å². The minimum atomic E-state index is -0.00758. The van der Waals surface area contributed by atoms with Crippen LogP contribution in [0, 0.1) is 17.8 Å². The van der Waals surface area contributed by atoms with Gasteiger partial charge in [-0.05, 0) is 79.0 Å². The number of ether oxygens (including phenoxy) is 1. The van der Waals surface area contributed by atoms with Crippen molar-refractivity contribution in [3.8, 4) is 5.75 Å². The summed E-state index contributed by atoms with van der Waals surface area (Å²) in [5, 5.41) is 16.1. The zero-order chi connectivity index (χ0) is 24.6. The third-order valence-electron chi connectivity index (χ3n) is 7.73. The molecule has 2 heterocycles. The highest BCUT2D eigenvalue weighted by Crippen LogP contribution is 2.34. The zero-order valence-corrected chi connectivity index (χ0v) is 20.8. The first kappa shape index (κ1) is 23.0. The van der Waals surface area contributed by atoms with Crippen LogP contribution in [0.25, 0.3) is 16.5 Å². The van der Waals surface area contributed by atoms with Crippen molar-refractivity contribution in [2.24, 2.45) is 17.8 Å². The fraction of sp³-hybridized carbons (Fsp3) is 0.400. The second-order valence-electron chi connectivity index (χ2n) is 10.4. The summed E-state index contributed by atoms with van der Waals surface area (Å²) in [4.78, 5) is 14.9. The summed E-state index contributed by atoms with van der Waals surface area (Å²) in [6.07, 6.45) is 12.3. The first-order valence-electron chi connectivity index (χ1n) is 13.1. The molecule has 0 unspecified atom stereocenters. The SMILES string of the molecule is CCOc1ccc2c(c1)C(=O)N(C[C@@H](CO)[C@H]1C=CC(c3ccc4nn(CC5CC5)cc4c3)=CC1)C2. The maximum atomic E-state index is 13.0. The smallest absolute Gasteiger partial charge is 0.254 e. The average molecular weight is 484 g/mol. The maximum Gasteiger partial charge on any atom is 0.254 e. The topological polar surface area (TPSA) is 67.6 Å². The number of amides is 1. The number of aliphatic hydroxyl groups is 1. The molecule has 2 atom stereocenters. The molecule has 0 saturated heterocycles. The lowest BCUT2D eigenvalue weighted by molar-refractivity contribution is 0.0696. The van der Waals surface area contributed by atoms with Crippen LogP contribution >= 0.6 is 0 Å². The number of allylic oxidation sites excluding steroid dienone is 4. The number of nitrogens with zero attached hydrogens (tertiary/aromatic N) is 3. The Morgan fingerprint density at radius 2 is 2.08 bits per heavy atom. The summed E-state index contributed by atoms with van der Waals surface area (Å²) < 4.78 is 7.66. The Morgan fingerprint density at radius 1 is 1.19 bits per heavy atom. The molecule has 186 valence electrons. The normalized spacial score (nSPS) is 20.1. The van der Waals surface area contributed by atoms with Crippen molar-refractivity contribution >= 4 is 22.4 Å². The van der Waals surface area contributed by atoms with Gasteiger partial charge in [0.05, 0.1) is 12.1 Å². The van der Waals surface area contributed by atoms with Crippen LogP contribution in [0.15, 0.2) is 60.8 Å². The second kappa shape index (κ2) is 9.58. The lowest BCUT2D eigenvalue weighted by atomic mass is 9.84. The molecule has 3 aromatic rings. The van der Waals surface area contributed by atoms with Gasteiger partial charge in [-0.2, -0.15) is 5.10 Å². The van der Waals surface area contributed by atoms with Crippen molar-refractivity contribution in [2.75, 3.05) is 19.8 Å². The lowest BCUT2D eigenvalue weighted by Gasteiger charge is -2.28. The molecule has 3 aliphatic rings. The number of hydrogen-bond donors (Lipinski definition) is 1. The van der Waals surface area contributed by atoms with Crippen LogP contribution in [0.2, 0.25) is 0 Å². The standard InChI is InChI=1S/C30H33N3O3/c1-2-36-27-11-9-24-16-32(30(35)28(24)14-27)17-26(19-34)22-7-5-21(6-8-22)23-10-12-29-25(13-23)18-33(31-29)15-20-3-4-20/h5-7,9-14,18,20,22,26,34H,2-4,8,15-17,19H2,1H3/t22-,26-/m0/s1. The molecule has 6 heteroatoms. The van der Waals surface area contributed by atoms with Crippen molar-refractivity contribution in [2.45, 2.75) is 39.3 Å². The van der Waals surface area contributed by atoms with Gasteiger partial charge in [-0.3, -0.25) is 9.48 Å². The molecule has 0 spiro atoms. The molecule has 6 rings (SSSR count). The Kier molecular flexibility index (Phi) is 6.13. The molecule has 1 fully saturated rings. The number of carbonyl (C=O) groups excluding carboxylic acids is 1. The molecule has 2 aromatic carbocycles. The number of fused-ring (bicyclic) bond motifs is 2. The molecule has 1 aliphatic heterocycles. The van der Waals surface area contributed by atoms with E-state index in [1.165, 1.54) is 29.4 Å². The highest BCUT2D eigenvalue weighted by molar-refractivity contribution is 5.98. The minimum absolute atomic E-state index is 0.00758. The summed E-state index contributed by atoms with van der Waals surface area (Å²) >= 11 is 0. The third kappa shape index (κ3) is 4.58. The van der Waals surface area contributed by atoms with Crippen molar-refractivity contribution in [1.82, 2.24) is 14.7 Å². The van der Waals surface area contributed by atoms with Crippen LogP contribution in [0.4, 0.5) is 0 Å². The molecular formula is C30H33N3O3. The summed E-state index contributed by atoms with van der Waals surface area (Å²) in [6, 6.07) is 12.2. The highest BCUT2D eigenvalue weighted by atomic mass is 16.5. The first-order valence-corrected chi connectivity index (χ1v) is 13.1. The van der Waals surface area contributed by atoms with Gasteiger partial charge < -0.3 is 14.7 Å². The third-order valence-corrected chi connectivity index (χ3v) is 7.73. The van der Waals surface area contributed by atoms with E-state index in [1.54, 1.807) is 0 Å². The molecule has 0 radical (unpaired) electrons. The van der Waals surface area contributed by atoms with Crippen molar-refractivity contribution < 1.29 is 14.6 Å². The van der Waals surface area contributed by atoms with Gasteiger partial charge in [-0.1, -0.05) is 30.4 Å². The molecule has 0 bridgehead atoms. The number of aliphatic hydroxyl groups excluding tert-OH is 1. The quantitative estimate of drug-likeness (QED) is 0.462. The first-order chi connectivity index (χ1) is 17.6. The van der Waals surface area contributed by atoms with E-state index in [1.807, 2.05) is 30.0 Å². The largest absolute Gasteiger partial charge is 0.494 e. The number of aromatic nitrogens is 2. The molecule has 2 aliphatic carbocycles. The summed E-state index contributed by atoms with van der Waals surface area (Å²) in [5.41, 5.74) is 5.18. The van der Waals surface area contributed by atoms with Crippen LogP contribution in [0.3, 0.4) is 0 Å². The van der Waals surface area contributed by atoms with Gasteiger partial charge in [-0.25, -0.2) is 0 Å². The fourth-order valence-corrected chi connectivity index (χ4v) is 5.47. The molecular weight excluding hydrogens is 450 g/mol. The number of benzene rings is 2. The predicted octanol–water partition coefficient (Wildman–Crippen LogP) is 5.07. The second-order valence-corrected chi connectivity index (χ2v) is 10.4. The van der Waals surface area contributed by atoms with Crippen molar-refractivity contribution in [1.29, 1.82) is 0 Å².